The van der Waals surface area contributed by atoms with E-state index in [1.54, 1.807) is 0 Å². The van der Waals surface area contributed by atoms with Gasteiger partial charge in [-0.1, -0.05) is 0 Å². The first kappa shape index (κ1) is 9.85. The maximum atomic E-state index is 5.41. The summed E-state index contributed by atoms with van der Waals surface area (Å²) < 4.78 is 0. The minimum atomic E-state index is 0.693. The highest BCUT2D eigenvalue weighted by molar-refractivity contribution is 7.80. The van der Waals surface area contributed by atoms with Crippen LogP contribution in [0.15, 0.2) is 0 Å². The molecule has 0 aromatic rings. The number of hydrogen-bond acceptors (Lipinski definition) is 2. The molecule has 0 aromatic heterocycles. The summed E-state index contributed by atoms with van der Waals surface area (Å²) in [5.74, 6) is 0. The molecule has 0 amide bonds. The van der Waals surface area contributed by atoms with Gasteiger partial charge in [0.2, 0.25) is 0 Å². The van der Waals surface area contributed by atoms with Crippen molar-refractivity contribution in [3.8, 4) is 0 Å². The quantitative estimate of drug-likeness (QED) is 0.701. The number of thiocarbonyl (C=S) groups is 1. The molecule has 0 bridgehead atoms. The summed E-state index contributed by atoms with van der Waals surface area (Å²) in [6.07, 6.45) is 5.46. The first-order valence-electron chi connectivity index (χ1n) is 6.12. The molecule has 3 rings (SSSR count). The van der Waals surface area contributed by atoms with E-state index < -0.39 is 0 Å². The second kappa shape index (κ2) is 3.91. The Balaban J connectivity index is 1.45. The Kier molecular flexibility index (Phi) is 2.56. The van der Waals surface area contributed by atoms with E-state index in [0.29, 0.717) is 6.04 Å². The molecule has 84 valence electrons. The van der Waals surface area contributed by atoms with Gasteiger partial charge in [-0.05, 0) is 37.9 Å². The van der Waals surface area contributed by atoms with E-state index >= 15 is 0 Å². The van der Waals surface area contributed by atoms with E-state index in [4.69, 9.17) is 12.2 Å². The second-order valence-corrected chi connectivity index (χ2v) is 5.36. The van der Waals surface area contributed by atoms with Crippen molar-refractivity contribution in [3.63, 3.8) is 0 Å². The Labute approximate surface area is 96.8 Å². The van der Waals surface area contributed by atoms with Gasteiger partial charge < -0.3 is 10.2 Å². The highest BCUT2D eigenvalue weighted by atomic mass is 32.1. The van der Waals surface area contributed by atoms with Crippen LogP contribution in [-0.4, -0.2) is 53.2 Å². The van der Waals surface area contributed by atoms with Gasteiger partial charge in [0.05, 0.1) is 0 Å². The molecule has 2 aliphatic carbocycles. The molecule has 1 aliphatic heterocycles. The van der Waals surface area contributed by atoms with Crippen LogP contribution in [0.1, 0.15) is 25.7 Å². The summed E-state index contributed by atoms with van der Waals surface area (Å²) in [4.78, 5) is 4.96. The zero-order valence-electron chi connectivity index (χ0n) is 9.11. The van der Waals surface area contributed by atoms with E-state index in [2.05, 4.69) is 15.1 Å². The number of hydrogen-bond donors (Lipinski definition) is 1. The second-order valence-electron chi connectivity index (χ2n) is 4.98. The number of piperazine rings is 1. The Morgan fingerprint density at radius 1 is 1.00 bits per heavy atom. The topological polar surface area (TPSA) is 18.5 Å². The summed E-state index contributed by atoms with van der Waals surface area (Å²) in [6, 6.07) is 1.61. The van der Waals surface area contributed by atoms with Crippen molar-refractivity contribution in [2.75, 3.05) is 26.2 Å². The van der Waals surface area contributed by atoms with Gasteiger partial charge in [-0.25, -0.2) is 0 Å². The largest absolute Gasteiger partial charge is 0.360 e. The van der Waals surface area contributed by atoms with Crippen LogP contribution in [0.5, 0.6) is 0 Å². The number of nitrogens with zero attached hydrogens (tertiary/aromatic N) is 2. The molecule has 2 saturated carbocycles. The molecule has 1 heterocycles. The molecular formula is C11H19N3S. The molecule has 15 heavy (non-hydrogen) atoms. The van der Waals surface area contributed by atoms with Crippen molar-refractivity contribution in [3.05, 3.63) is 0 Å². The van der Waals surface area contributed by atoms with Crippen LogP contribution in [-0.2, 0) is 0 Å². The van der Waals surface area contributed by atoms with Gasteiger partial charge in [-0.2, -0.15) is 0 Å². The lowest BCUT2D eigenvalue weighted by Gasteiger charge is -2.36. The molecule has 0 aromatic carbocycles. The molecule has 0 radical (unpaired) electrons. The van der Waals surface area contributed by atoms with E-state index in [0.717, 1.165) is 24.2 Å². The van der Waals surface area contributed by atoms with Crippen molar-refractivity contribution >= 4 is 17.3 Å². The normalized spacial score (nSPS) is 27.9. The van der Waals surface area contributed by atoms with E-state index in [9.17, 15) is 0 Å². The lowest BCUT2D eigenvalue weighted by Crippen LogP contribution is -2.52. The van der Waals surface area contributed by atoms with Gasteiger partial charge in [-0.15, -0.1) is 0 Å². The first-order valence-corrected chi connectivity index (χ1v) is 6.53. The highest BCUT2D eigenvalue weighted by Crippen LogP contribution is 2.27. The van der Waals surface area contributed by atoms with Gasteiger partial charge in [0.15, 0.2) is 5.11 Å². The summed E-state index contributed by atoms with van der Waals surface area (Å²) in [7, 11) is 0. The van der Waals surface area contributed by atoms with Crippen molar-refractivity contribution in [2.24, 2.45) is 0 Å². The van der Waals surface area contributed by atoms with Crippen LogP contribution < -0.4 is 5.32 Å². The molecule has 4 heteroatoms. The Morgan fingerprint density at radius 2 is 1.67 bits per heavy atom. The number of rotatable bonds is 2. The molecule has 0 atom stereocenters. The standard InChI is InChI=1S/C11H19N3S/c15-11(12-9-1-2-9)14-7-5-13(6-8-14)10-3-4-10/h9-10H,1-8H2,(H,12,15). The van der Waals surface area contributed by atoms with Crippen LogP contribution in [0.4, 0.5) is 0 Å². The lowest BCUT2D eigenvalue weighted by atomic mass is 10.3. The number of nitrogens with one attached hydrogen (secondary N) is 1. The predicted octanol–water partition coefficient (Wildman–Crippen LogP) is 0.803. The fourth-order valence-corrected chi connectivity index (χ4v) is 2.57. The van der Waals surface area contributed by atoms with Crippen molar-refractivity contribution in [2.45, 2.75) is 37.8 Å². The van der Waals surface area contributed by atoms with Crippen LogP contribution in [0.25, 0.3) is 0 Å². The van der Waals surface area contributed by atoms with Gasteiger partial charge >= 0.3 is 0 Å². The van der Waals surface area contributed by atoms with Gasteiger partial charge in [-0.3, -0.25) is 4.90 Å². The zero-order valence-corrected chi connectivity index (χ0v) is 9.93. The van der Waals surface area contributed by atoms with E-state index in [1.165, 1.54) is 38.8 Å². The molecule has 0 spiro atoms. The third-order valence-corrected chi connectivity index (χ3v) is 3.95. The fraction of sp³-hybridized carbons (Fsp3) is 0.909. The van der Waals surface area contributed by atoms with Gasteiger partial charge in [0.25, 0.3) is 0 Å². The summed E-state index contributed by atoms with van der Waals surface area (Å²) >= 11 is 5.41. The maximum Gasteiger partial charge on any atom is 0.169 e. The Morgan fingerprint density at radius 3 is 2.20 bits per heavy atom. The molecule has 3 nitrogen and oxygen atoms in total. The maximum absolute atomic E-state index is 5.41. The zero-order chi connectivity index (χ0) is 10.3. The SMILES string of the molecule is S=C(NC1CC1)N1CCN(C2CC2)CC1. The highest BCUT2D eigenvalue weighted by Gasteiger charge is 2.32. The molecule has 1 saturated heterocycles. The summed E-state index contributed by atoms with van der Waals surface area (Å²) in [5.41, 5.74) is 0. The summed E-state index contributed by atoms with van der Waals surface area (Å²) in [6.45, 7) is 4.65. The van der Waals surface area contributed by atoms with Crippen LogP contribution in [0.2, 0.25) is 0 Å². The summed E-state index contributed by atoms with van der Waals surface area (Å²) in [5, 5.41) is 4.42. The first-order chi connectivity index (χ1) is 7.33. The average molecular weight is 225 g/mol. The third kappa shape index (κ3) is 2.42. The predicted molar refractivity (Wildman–Crippen MR) is 64.9 cm³/mol. The minimum Gasteiger partial charge on any atom is -0.360 e. The van der Waals surface area contributed by atoms with Crippen LogP contribution in [0, 0.1) is 0 Å². The van der Waals surface area contributed by atoms with Crippen LogP contribution >= 0.6 is 12.2 Å². The van der Waals surface area contributed by atoms with Gasteiger partial charge in [0, 0.05) is 38.3 Å². The molecule has 3 fully saturated rings. The molecule has 1 N–H and O–H groups in total. The van der Waals surface area contributed by atoms with E-state index in [-0.39, 0.29) is 0 Å². The van der Waals surface area contributed by atoms with Gasteiger partial charge in [0.1, 0.15) is 0 Å². The van der Waals surface area contributed by atoms with E-state index in [1.807, 2.05) is 0 Å². The van der Waals surface area contributed by atoms with Crippen molar-refractivity contribution in [1.29, 1.82) is 0 Å². The molecule has 3 aliphatic rings. The Bertz CT molecular complexity index is 253. The monoisotopic (exact) mass is 225 g/mol. The third-order valence-electron chi connectivity index (χ3n) is 3.57. The minimum absolute atomic E-state index is 0.693. The average Bonchev–Trinajstić information content (AvgIpc) is 3.12. The smallest absolute Gasteiger partial charge is 0.169 e. The molecule has 0 unspecified atom stereocenters. The molecular weight excluding hydrogens is 206 g/mol. The lowest BCUT2D eigenvalue weighted by molar-refractivity contribution is 0.173. The van der Waals surface area contributed by atoms with Crippen molar-refractivity contribution in [1.82, 2.24) is 15.1 Å². The van der Waals surface area contributed by atoms with Crippen molar-refractivity contribution < 1.29 is 0 Å². The Hall–Kier alpha value is -0.350. The fourth-order valence-electron chi connectivity index (χ4n) is 2.22. The van der Waals surface area contributed by atoms with Crippen LogP contribution in [0.3, 0.4) is 0 Å².